The molecule has 4 heteroatoms. The van der Waals surface area contributed by atoms with Crippen LogP contribution in [0.3, 0.4) is 0 Å². The molecule has 1 aliphatic rings. The summed E-state index contributed by atoms with van der Waals surface area (Å²) in [5.74, 6) is 0.994. The molecule has 0 aromatic carbocycles. The van der Waals surface area contributed by atoms with E-state index in [1.165, 1.54) is 19.5 Å². The molecule has 0 bridgehead atoms. The first-order valence-corrected chi connectivity index (χ1v) is 4.63. The van der Waals surface area contributed by atoms with Crippen LogP contribution in [0.1, 0.15) is 23.8 Å². The van der Waals surface area contributed by atoms with Crippen LogP contribution in [0.15, 0.2) is 12.4 Å². The Morgan fingerprint density at radius 1 is 1.50 bits per heavy atom. The number of hydrogen-bond acceptors (Lipinski definition) is 4. The molecule has 2 unspecified atom stereocenters. The minimum Gasteiger partial charge on any atom is -0.479 e. The fraction of sp³-hybridized carbons (Fsp3) is 0.500. The van der Waals surface area contributed by atoms with Crippen LogP contribution in [-0.2, 0) is 0 Å². The largest absolute Gasteiger partial charge is 0.479 e. The Morgan fingerprint density at radius 2 is 2.14 bits per heavy atom. The number of rotatable bonds is 3. The fourth-order valence-electron chi connectivity index (χ4n) is 1.51. The van der Waals surface area contributed by atoms with Crippen molar-refractivity contribution >= 4 is 5.78 Å². The average molecular weight is 192 g/mol. The molecule has 0 amide bonds. The van der Waals surface area contributed by atoms with Crippen molar-refractivity contribution in [2.75, 3.05) is 7.11 Å². The summed E-state index contributed by atoms with van der Waals surface area (Å²) in [6, 6.07) is 0. The summed E-state index contributed by atoms with van der Waals surface area (Å²) >= 11 is 0. The maximum Gasteiger partial charge on any atom is 0.243 e. The first-order valence-electron chi connectivity index (χ1n) is 4.63. The Hall–Kier alpha value is -1.45. The molecule has 1 saturated carbocycles. The van der Waals surface area contributed by atoms with Gasteiger partial charge >= 0.3 is 0 Å². The fourth-order valence-corrected chi connectivity index (χ4v) is 1.51. The van der Waals surface area contributed by atoms with Gasteiger partial charge in [-0.3, -0.25) is 4.79 Å². The van der Waals surface area contributed by atoms with Crippen LogP contribution in [-0.4, -0.2) is 22.9 Å². The first-order chi connectivity index (χ1) is 6.74. The number of nitrogens with zero attached hydrogens (tertiary/aromatic N) is 2. The van der Waals surface area contributed by atoms with Crippen LogP contribution in [0.5, 0.6) is 5.88 Å². The number of hydrogen-bond donors (Lipinski definition) is 0. The van der Waals surface area contributed by atoms with Crippen molar-refractivity contribution in [1.29, 1.82) is 0 Å². The molecular formula is C10H12N2O2. The van der Waals surface area contributed by atoms with E-state index in [1.54, 1.807) is 0 Å². The third kappa shape index (κ3) is 1.47. The molecule has 1 fully saturated rings. The third-order valence-corrected chi connectivity index (χ3v) is 2.54. The van der Waals surface area contributed by atoms with E-state index in [4.69, 9.17) is 4.74 Å². The molecular weight excluding hydrogens is 180 g/mol. The highest BCUT2D eigenvalue weighted by Gasteiger charge is 2.41. The second-order valence-electron chi connectivity index (χ2n) is 3.60. The van der Waals surface area contributed by atoms with Crippen LogP contribution < -0.4 is 4.74 Å². The molecule has 4 nitrogen and oxygen atoms in total. The standard InChI is InChI=1S/C10H12N2O2/c1-6-5-7(6)9(13)8-10(14-2)12-4-3-11-8/h3-4,6-7H,5H2,1-2H3. The SMILES string of the molecule is COc1nccnc1C(=O)C1CC1C. The van der Waals surface area contributed by atoms with E-state index >= 15 is 0 Å². The minimum atomic E-state index is 0.0578. The zero-order valence-corrected chi connectivity index (χ0v) is 8.23. The van der Waals surface area contributed by atoms with Gasteiger partial charge in [0.05, 0.1) is 7.11 Å². The Balaban J connectivity index is 2.26. The molecule has 0 N–H and O–H groups in total. The highest BCUT2D eigenvalue weighted by Crippen LogP contribution is 2.40. The lowest BCUT2D eigenvalue weighted by atomic mass is 10.1. The van der Waals surface area contributed by atoms with Gasteiger partial charge in [0.25, 0.3) is 0 Å². The summed E-state index contributed by atoms with van der Waals surface area (Å²) < 4.78 is 4.99. The molecule has 0 saturated heterocycles. The van der Waals surface area contributed by atoms with Gasteiger partial charge in [-0.25, -0.2) is 9.97 Å². The van der Waals surface area contributed by atoms with Crippen molar-refractivity contribution in [3.63, 3.8) is 0 Å². The minimum absolute atomic E-state index is 0.0578. The second-order valence-corrected chi connectivity index (χ2v) is 3.60. The van der Waals surface area contributed by atoms with Gasteiger partial charge in [-0.2, -0.15) is 0 Å². The van der Waals surface area contributed by atoms with Crippen molar-refractivity contribution in [1.82, 2.24) is 9.97 Å². The number of Topliss-reactive ketones (excluding diaryl/α,β-unsaturated/α-hetero) is 1. The summed E-state index contributed by atoms with van der Waals surface area (Å²) in [5.41, 5.74) is 0.365. The van der Waals surface area contributed by atoms with Gasteiger partial charge in [0.2, 0.25) is 5.88 Å². The summed E-state index contributed by atoms with van der Waals surface area (Å²) in [5, 5.41) is 0. The van der Waals surface area contributed by atoms with Gasteiger partial charge < -0.3 is 4.74 Å². The van der Waals surface area contributed by atoms with Crippen molar-refractivity contribution in [2.45, 2.75) is 13.3 Å². The summed E-state index contributed by atoms with van der Waals surface area (Å²) in [6.07, 6.45) is 3.99. The molecule has 1 aromatic rings. The maximum absolute atomic E-state index is 11.8. The zero-order chi connectivity index (χ0) is 10.1. The third-order valence-electron chi connectivity index (χ3n) is 2.54. The average Bonchev–Trinajstić information content (AvgIpc) is 2.94. The molecule has 14 heavy (non-hydrogen) atoms. The zero-order valence-electron chi connectivity index (χ0n) is 8.23. The molecule has 0 radical (unpaired) electrons. The van der Waals surface area contributed by atoms with Crippen LogP contribution in [0.25, 0.3) is 0 Å². The van der Waals surface area contributed by atoms with Crippen LogP contribution in [0.4, 0.5) is 0 Å². The van der Waals surface area contributed by atoms with E-state index in [0.717, 1.165) is 6.42 Å². The maximum atomic E-state index is 11.8. The van der Waals surface area contributed by atoms with Gasteiger partial charge in [0.1, 0.15) is 0 Å². The van der Waals surface area contributed by atoms with E-state index in [0.29, 0.717) is 17.5 Å². The molecule has 2 atom stereocenters. The van der Waals surface area contributed by atoms with Crippen molar-refractivity contribution < 1.29 is 9.53 Å². The number of aromatic nitrogens is 2. The second kappa shape index (κ2) is 3.36. The van der Waals surface area contributed by atoms with Crippen LogP contribution in [0, 0.1) is 11.8 Å². The molecule has 1 aromatic heterocycles. The lowest BCUT2D eigenvalue weighted by molar-refractivity contribution is 0.0953. The predicted molar refractivity (Wildman–Crippen MR) is 50.2 cm³/mol. The first kappa shape index (κ1) is 9.12. The van der Waals surface area contributed by atoms with E-state index in [9.17, 15) is 4.79 Å². The molecule has 1 heterocycles. The Morgan fingerprint density at radius 3 is 2.71 bits per heavy atom. The molecule has 2 rings (SSSR count). The predicted octanol–water partition coefficient (Wildman–Crippen LogP) is 1.32. The van der Waals surface area contributed by atoms with E-state index in [1.807, 2.05) is 0 Å². The van der Waals surface area contributed by atoms with Crippen LogP contribution in [0.2, 0.25) is 0 Å². The Kier molecular flexibility index (Phi) is 2.19. The molecule has 0 aliphatic heterocycles. The van der Waals surface area contributed by atoms with Crippen molar-refractivity contribution in [2.24, 2.45) is 11.8 Å². The lowest BCUT2D eigenvalue weighted by Gasteiger charge is -2.03. The summed E-state index contributed by atoms with van der Waals surface area (Å²) in [4.78, 5) is 19.8. The number of carbonyl (C=O) groups excluding carboxylic acids is 1. The number of ether oxygens (including phenoxy) is 1. The smallest absolute Gasteiger partial charge is 0.243 e. The lowest BCUT2D eigenvalue weighted by Crippen LogP contribution is -2.08. The molecule has 74 valence electrons. The van der Waals surface area contributed by atoms with E-state index < -0.39 is 0 Å². The molecule has 0 spiro atoms. The van der Waals surface area contributed by atoms with Crippen molar-refractivity contribution in [3.8, 4) is 5.88 Å². The van der Waals surface area contributed by atoms with Gasteiger partial charge in [-0.05, 0) is 12.3 Å². The monoisotopic (exact) mass is 192 g/mol. The van der Waals surface area contributed by atoms with E-state index in [2.05, 4.69) is 16.9 Å². The summed E-state index contributed by atoms with van der Waals surface area (Å²) in [7, 11) is 1.50. The van der Waals surface area contributed by atoms with Gasteiger partial charge in [-0.1, -0.05) is 6.92 Å². The van der Waals surface area contributed by atoms with Gasteiger partial charge in [0.15, 0.2) is 11.5 Å². The quantitative estimate of drug-likeness (QED) is 0.678. The molecule has 1 aliphatic carbocycles. The topological polar surface area (TPSA) is 52.1 Å². The normalized spacial score (nSPS) is 24.4. The number of ketones is 1. The number of carbonyl (C=O) groups is 1. The Bertz CT molecular complexity index is 365. The van der Waals surface area contributed by atoms with Gasteiger partial charge in [0, 0.05) is 18.3 Å². The van der Waals surface area contributed by atoms with E-state index in [-0.39, 0.29) is 11.7 Å². The highest BCUT2D eigenvalue weighted by atomic mass is 16.5. The highest BCUT2D eigenvalue weighted by molar-refractivity contribution is 5.99. The van der Waals surface area contributed by atoms with Crippen LogP contribution >= 0.6 is 0 Å². The summed E-state index contributed by atoms with van der Waals surface area (Å²) in [6.45, 7) is 2.06. The number of methoxy groups -OCH3 is 1. The van der Waals surface area contributed by atoms with Gasteiger partial charge in [-0.15, -0.1) is 0 Å². The van der Waals surface area contributed by atoms with Crippen molar-refractivity contribution in [3.05, 3.63) is 18.1 Å². The Labute approximate surface area is 82.3 Å².